The molecule has 0 saturated heterocycles. The molecule has 1 fully saturated rings. The van der Waals surface area contributed by atoms with E-state index in [0.29, 0.717) is 0 Å². The lowest BCUT2D eigenvalue weighted by molar-refractivity contribution is 0.355. The van der Waals surface area contributed by atoms with Crippen molar-refractivity contribution in [1.82, 2.24) is 10.3 Å². The highest BCUT2D eigenvalue weighted by molar-refractivity contribution is 7.15. The summed E-state index contributed by atoms with van der Waals surface area (Å²) in [6.45, 7) is 2.99. The first-order valence-electron chi connectivity index (χ1n) is 7.13. The number of methoxy groups -OCH3 is 2. The van der Waals surface area contributed by atoms with Crippen LogP contribution in [0.25, 0.3) is 10.6 Å². The van der Waals surface area contributed by atoms with Gasteiger partial charge in [-0.2, -0.15) is 0 Å². The van der Waals surface area contributed by atoms with Crippen LogP contribution in [0.4, 0.5) is 0 Å². The average molecular weight is 304 g/mol. The van der Waals surface area contributed by atoms with E-state index in [1.165, 1.54) is 17.7 Å². The van der Waals surface area contributed by atoms with Crippen molar-refractivity contribution in [3.8, 4) is 22.1 Å². The van der Waals surface area contributed by atoms with Crippen LogP contribution in [0.3, 0.4) is 0 Å². The predicted molar refractivity (Wildman–Crippen MR) is 85.3 cm³/mol. The molecular weight excluding hydrogens is 284 g/mol. The molecule has 1 aromatic carbocycles. The summed E-state index contributed by atoms with van der Waals surface area (Å²) in [6.07, 6.45) is 2.61. The Hall–Kier alpha value is -1.59. The van der Waals surface area contributed by atoms with Gasteiger partial charge in [-0.25, -0.2) is 4.98 Å². The molecule has 0 radical (unpaired) electrons. The van der Waals surface area contributed by atoms with Crippen LogP contribution >= 0.6 is 11.3 Å². The first kappa shape index (κ1) is 14.4. The van der Waals surface area contributed by atoms with Crippen LogP contribution in [0, 0.1) is 6.92 Å². The van der Waals surface area contributed by atoms with Crippen LogP contribution in [0.1, 0.15) is 23.4 Å². The van der Waals surface area contributed by atoms with E-state index in [9.17, 15) is 0 Å². The van der Waals surface area contributed by atoms with E-state index in [1.54, 1.807) is 25.6 Å². The van der Waals surface area contributed by atoms with Crippen LogP contribution in [0.2, 0.25) is 0 Å². The van der Waals surface area contributed by atoms with E-state index in [1.807, 2.05) is 18.2 Å². The van der Waals surface area contributed by atoms with Crippen LogP contribution in [0.5, 0.6) is 11.5 Å². The van der Waals surface area contributed by atoms with Gasteiger partial charge >= 0.3 is 0 Å². The van der Waals surface area contributed by atoms with Gasteiger partial charge in [-0.3, -0.25) is 0 Å². The van der Waals surface area contributed by atoms with Gasteiger partial charge in [0.25, 0.3) is 0 Å². The third-order valence-electron chi connectivity index (χ3n) is 3.65. The fourth-order valence-electron chi connectivity index (χ4n) is 2.21. The van der Waals surface area contributed by atoms with Crippen LogP contribution < -0.4 is 14.8 Å². The maximum atomic E-state index is 5.36. The molecule has 0 aliphatic heterocycles. The molecule has 1 saturated carbocycles. The Morgan fingerprint density at radius 2 is 2.00 bits per heavy atom. The molecule has 0 bridgehead atoms. The van der Waals surface area contributed by atoms with Crippen molar-refractivity contribution in [3.63, 3.8) is 0 Å². The third-order valence-corrected chi connectivity index (χ3v) is 4.86. The Kier molecular flexibility index (Phi) is 4.12. The number of hydrogen-bond acceptors (Lipinski definition) is 5. The van der Waals surface area contributed by atoms with Gasteiger partial charge in [0, 0.05) is 23.0 Å². The Morgan fingerprint density at radius 3 is 2.67 bits per heavy atom. The van der Waals surface area contributed by atoms with Crippen LogP contribution in [-0.2, 0) is 6.54 Å². The summed E-state index contributed by atoms with van der Waals surface area (Å²) < 4.78 is 10.6. The minimum Gasteiger partial charge on any atom is -0.493 e. The van der Waals surface area contributed by atoms with Crippen LogP contribution in [0.15, 0.2) is 18.2 Å². The van der Waals surface area contributed by atoms with Gasteiger partial charge in [-0.05, 0) is 38.0 Å². The predicted octanol–water partition coefficient (Wildman–Crippen LogP) is 3.39. The highest BCUT2D eigenvalue weighted by Crippen LogP contribution is 2.35. The number of benzene rings is 1. The van der Waals surface area contributed by atoms with Crippen molar-refractivity contribution in [2.75, 3.05) is 14.2 Å². The molecule has 1 aliphatic carbocycles. The summed E-state index contributed by atoms with van der Waals surface area (Å²) in [6, 6.07) is 6.65. The lowest BCUT2D eigenvalue weighted by Gasteiger charge is -2.08. The molecule has 1 heterocycles. The van der Waals surface area contributed by atoms with Crippen LogP contribution in [-0.4, -0.2) is 25.2 Å². The molecule has 1 aromatic heterocycles. The molecule has 0 atom stereocenters. The van der Waals surface area contributed by atoms with E-state index in [-0.39, 0.29) is 0 Å². The number of hydrogen-bond donors (Lipinski definition) is 1. The lowest BCUT2D eigenvalue weighted by atomic mass is 10.2. The quantitative estimate of drug-likeness (QED) is 0.888. The molecule has 21 heavy (non-hydrogen) atoms. The van der Waals surface area contributed by atoms with Gasteiger partial charge in [0.2, 0.25) is 0 Å². The minimum atomic E-state index is 0.719. The molecule has 3 rings (SSSR count). The Labute approximate surface area is 129 Å². The molecule has 5 heteroatoms. The van der Waals surface area contributed by atoms with E-state index in [2.05, 4.69) is 12.2 Å². The highest BCUT2D eigenvalue weighted by atomic mass is 32.1. The lowest BCUT2D eigenvalue weighted by Crippen LogP contribution is -2.14. The van der Waals surface area contributed by atoms with Crippen molar-refractivity contribution in [3.05, 3.63) is 28.8 Å². The van der Waals surface area contributed by atoms with Gasteiger partial charge in [-0.1, -0.05) is 0 Å². The van der Waals surface area contributed by atoms with E-state index in [4.69, 9.17) is 14.5 Å². The smallest absolute Gasteiger partial charge is 0.161 e. The number of nitrogens with one attached hydrogen (secondary N) is 1. The molecule has 4 nitrogen and oxygen atoms in total. The van der Waals surface area contributed by atoms with Gasteiger partial charge < -0.3 is 14.8 Å². The van der Waals surface area contributed by atoms with Crippen molar-refractivity contribution >= 4 is 11.3 Å². The first-order valence-corrected chi connectivity index (χ1v) is 7.95. The summed E-state index contributed by atoms with van der Waals surface area (Å²) in [5.41, 5.74) is 2.18. The van der Waals surface area contributed by atoms with E-state index < -0.39 is 0 Å². The molecule has 1 N–H and O–H groups in total. The normalized spacial score (nSPS) is 14.2. The summed E-state index contributed by atoms with van der Waals surface area (Å²) in [7, 11) is 3.30. The average Bonchev–Trinajstić information content (AvgIpc) is 3.27. The topological polar surface area (TPSA) is 43.4 Å². The molecule has 112 valence electrons. The minimum absolute atomic E-state index is 0.719. The zero-order chi connectivity index (χ0) is 14.8. The SMILES string of the molecule is COc1ccc(-c2nc(C)c(CNC3CC3)s2)cc1OC. The molecule has 1 aliphatic rings. The van der Waals surface area contributed by atoms with Crippen molar-refractivity contribution in [2.45, 2.75) is 32.4 Å². The van der Waals surface area contributed by atoms with Crippen molar-refractivity contribution in [1.29, 1.82) is 0 Å². The second kappa shape index (κ2) is 6.03. The summed E-state index contributed by atoms with van der Waals surface area (Å²) in [5.74, 6) is 1.48. The summed E-state index contributed by atoms with van der Waals surface area (Å²) >= 11 is 1.75. The van der Waals surface area contributed by atoms with Crippen molar-refractivity contribution < 1.29 is 9.47 Å². The summed E-state index contributed by atoms with van der Waals surface area (Å²) in [5, 5.41) is 4.57. The number of nitrogens with zero attached hydrogens (tertiary/aromatic N) is 1. The second-order valence-electron chi connectivity index (χ2n) is 5.25. The maximum Gasteiger partial charge on any atom is 0.161 e. The molecule has 2 aromatic rings. The molecule has 0 spiro atoms. The third kappa shape index (κ3) is 3.19. The zero-order valence-corrected chi connectivity index (χ0v) is 13.4. The number of ether oxygens (including phenoxy) is 2. The van der Waals surface area contributed by atoms with E-state index in [0.717, 1.165) is 40.4 Å². The number of aromatic nitrogens is 1. The zero-order valence-electron chi connectivity index (χ0n) is 12.6. The van der Waals surface area contributed by atoms with Gasteiger partial charge in [0.05, 0.1) is 19.9 Å². The Morgan fingerprint density at radius 1 is 1.24 bits per heavy atom. The standard InChI is InChI=1S/C16H20N2O2S/c1-10-15(9-17-12-5-6-12)21-16(18-10)11-4-7-13(19-2)14(8-11)20-3/h4,7-8,12,17H,5-6,9H2,1-3H3. The molecular formula is C16H20N2O2S. The Bertz CT molecular complexity index is 635. The van der Waals surface area contributed by atoms with Gasteiger partial charge in [-0.15, -0.1) is 11.3 Å². The van der Waals surface area contributed by atoms with Gasteiger partial charge in [0.1, 0.15) is 5.01 Å². The number of rotatable bonds is 6. The van der Waals surface area contributed by atoms with E-state index >= 15 is 0 Å². The highest BCUT2D eigenvalue weighted by Gasteiger charge is 2.21. The van der Waals surface area contributed by atoms with Gasteiger partial charge in [0.15, 0.2) is 11.5 Å². The fraction of sp³-hybridized carbons (Fsp3) is 0.438. The maximum absolute atomic E-state index is 5.36. The second-order valence-corrected chi connectivity index (χ2v) is 6.34. The first-order chi connectivity index (χ1) is 10.2. The fourth-order valence-corrected chi connectivity index (χ4v) is 3.22. The Balaban J connectivity index is 1.83. The monoisotopic (exact) mass is 304 g/mol. The largest absolute Gasteiger partial charge is 0.493 e. The summed E-state index contributed by atoms with van der Waals surface area (Å²) in [4.78, 5) is 6.00. The van der Waals surface area contributed by atoms with Crippen molar-refractivity contribution in [2.24, 2.45) is 0 Å². The number of thiazole rings is 1. The number of aryl methyl sites for hydroxylation is 1. The molecule has 0 unspecified atom stereocenters. The molecule has 0 amide bonds.